The van der Waals surface area contributed by atoms with Crippen molar-refractivity contribution >= 4 is 27.5 Å². The number of methoxy groups -OCH3 is 2. The highest BCUT2D eigenvalue weighted by molar-refractivity contribution is 7.92. The summed E-state index contributed by atoms with van der Waals surface area (Å²) in [6, 6.07) is 19.4. The van der Waals surface area contributed by atoms with E-state index in [0.29, 0.717) is 17.9 Å². The largest absolute Gasteiger partial charge is 0.497 e. The van der Waals surface area contributed by atoms with Crippen molar-refractivity contribution in [3.05, 3.63) is 83.9 Å². The first kappa shape index (κ1) is 32.5. The molecule has 0 saturated carbocycles. The highest BCUT2D eigenvalue weighted by Gasteiger charge is 2.35. The summed E-state index contributed by atoms with van der Waals surface area (Å²) in [5, 5.41) is 2.98. The van der Waals surface area contributed by atoms with E-state index < -0.39 is 28.5 Å². The zero-order valence-electron chi connectivity index (χ0n) is 25.2. The van der Waals surface area contributed by atoms with Crippen molar-refractivity contribution in [3.8, 4) is 11.5 Å². The molecule has 0 unspecified atom stereocenters. The van der Waals surface area contributed by atoms with Crippen LogP contribution in [0.1, 0.15) is 44.7 Å². The molecule has 3 aromatic carbocycles. The number of aryl methyl sites for hydroxylation is 1. The molecule has 226 valence electrons. The highest BCUT2D eigenvalue weighted by Crippen LogP contribution is 2.32. The second kappa shape index (κ2) is 14.7. The van der Waals surface area contributed by atoms with Gasteiger partial charge >= 0.3 is 0 Å². The molecule has 0 aliphatic carbocycles. The normalized spacial score (nSPS) is 12.6. The van der Waals surface area contributed by atoms with Crippen LogP contribution in [-0.2, 0) is 26.2 Å². The minimum atomic E-state index is -4.20. The molecule has 2 amide bonds. The van der Waals surface area contributed by atoms with E-state index in [2.05, 4.69) is 5.32 Å². The molecule has 0 saturated heterocycles. The summed E-state index contributed by atoms with van der Waals surface area (Å²) in [6.45, 7) is 7.12. The van der Waals surface area contributed by atoms with Gasteiger partial charge in [0, 0.05) is 12.6 Å². The van der Waals surface area contributed by atoms with Crippen molar-refractivity contribution in [1.82, 2.24) is 10.2 Å². The number of hydrogen-bond acceptors (Lipinski definition) is 6. The molecule has 42 heavy (non-hydrogen) atoms. The summed E-state index contributed by atoms with van der Waals surface area (Å²) in [4.78, 5) is 29.1. The first-order chi connectivity index (χ1) is 20.0. The van der Waals surface area contributed by atoms with Gasteiger partial charge in [0.2, 0.25) is 11.8 Å². The van der Waals surface area contributed by atoms with Crippen molar-refractivity contribution in [2.45, 2.75) is 64.1 Å². The number of benzene rings is 3. The van der Waals surface area contributed by atoms with Crippen LogP contribution in [0.4, 0.5) is 5.69 Å². The Bertz CT molecular complexity index is 1440. The second-order valence-electron chi connectivity index (χ2n) is 10.1. The maximum Gasteiger partial charge on any atom is 0.264 e. The fraction of sp³-hybridized carbons (Fsp3) is 0.375. The Balaban J connectivity index is 2.09. The molecular formula is C32H41N3O6S. The van der Waals surface area contributed by atoms with E-state index in [1.807, 2.05) is 39.8 Å². The smallest absolute Gasteiger partial charge is 0.264 e. The van der Waals surface area contributed by atoms with E-state index >= 15 is 0 Å². The topological polar surface area (TPSA) is 105 Å². The van der Waals surface area contributed by atoms with E-state index in [9.17, 15) is 18.0 Å². The summed E-state index contributed by atoms with van der Waals surface area (Å²) in [5.74, 6) is 0.131. The fourth-order valence-corrected chi connectivity index (χ4v) is 5.90. The lowest BCUT2D eigenvalue weighted by Gasteiger charge is -2.34. The van der Waals surface area contributed by atoms with Crippen molar-refractivity contribution < 1.29 is 27.5 Å². The molecule has 0 aliphatic heterocycles. The number of anilines is 1. The van der Waals surface area contributed by atoms with Crippen molar-refractivity contribution in [2.24, 2.45) is 0 Å². The molecule has 0 heterocycles. The molecule has 0 spiro atoms. The maximum atomic E-state index is 14.2. The van der Waals surface area contributed by atoms with E-state index in [1.54, 1.807) is 55.6 Å². The van der Waals surface area contributed by atoms with Crippen LogP contribution in [0.25, 0.3) is 0 Å². The van der Waals surface area contributed by atoms with Gasteiger partial charge in [-0.25, -0.2) is 8.42 Å². The summed E-state index contributed by atoms with van der Waals surface area (Å²) in [6.07, 6.45) is 1.06. The molecule has 0 aromatic heterocycles. The van der Waals surface area contributed by atoms with Crippen LogP contribution >= 0.6 is 0 Å². The van der Waals surface area contributed by atoms with Crippen molar-refractivity contribution in [1.29, 1.82) is 0 Å². The third kappa shape index (κ3) is 7.82. The molecule has 9 nitrogen and oxygen atoms in total. The highest BCUT2D eigenvalue weighted by atomic mass is 32.2. The first-order valence-corrected chi connectivity index (χ1v) is 15.4. The molecule has 0 bridgehead atoms. The molecule has 3 aromatic rings. The van der Waals surface area contributed by atoms with Crippen LogP contribution in [0.3, 0.4) is 0 Å². The number of nitrogens with zero attached hydrogens (tertiary/aromatic N) is 2. The minimum absolute atomic E-state index is 0.0371. The zero-order valence-corrected chi connectivity index (χ0v) is 26.0. The second-order valence-corrected chi connectivity index (χ2v) is 12.0. The molecular weight excluding hydrogens is 554 g/mol. The Morgan fingerprint density at radius 2 is 1.52 bits per heavy atom. The van der Waals surface area contributed by atoms with Gasteiger partial charge in [-0.05, 0) is 68.7 Å². The average molecular weight is 596 g/mol. The Kier molecular flexibility index (Phi) is 11.4. The first-order valence-electron chi connectivity index (χ1n) is 14.0. The van der Waals surface area contributed by atoms with Crippen LogP contribution in [0.2, 0.25) is 0 Å². The Morgan fingerprint density at radius 1 is 0.881 bits per heavy atom. The van der Waals surface area contributed by atoms with Gasteiger partial charge in [-0.3, -0.25) is 13.9 Å². The number of hydrogen-bond donors (Lipinski definition) is 1. The standard InChI is InChI=1S/C32H41N3O6S/c1-7-24(4)33-32(37)28(8-2)34(21-25-15-17-26(40-5)18-16-25)31(36)22-35(29-11-9-10-12-30(29)41-6)42(38,39)27-19-13-23(3)14-20-27/h9-20,24,28H,7-8,21-22H2,1-6H3,(H,33,37)/t24-,28+/m1/s1. The average Bonchev–Trinajstić information content (AvgIpc) is 2.99. The summed E-state index contributed by atoms with van der Waals surface area (Å²) in [7, 11) is -1.19. The van der Waals surface area contributed by atoms with Gasteiger partial charge < -0.3 is 19.7 Å². The van der Waals surface area contributed by atoms with E-state index in [4.69, 9.17) is 9.47 Å². The van der Waals surface area contributed by atoms with E-state index in [1.165, 1.54) is 24.1 Å². The van der Waals surface area contributed by atoms with Crippen LogP contribution in [0.5, 0.6) is 11.5 Å². The third-order valence-electron chi connectivity index (χ3n) is 7.14. The maximum absolute atomic E-state index is 14.2. The van der Waals surface area contributed by atoms with Gasteiger partial charge in [0.15, 0.2) is 0 Å². The van der Waals surface area contributed by atoms with E-state index in [-0.39, 0.29) is 29.1 Å². The minimum Gasteiger partial charge on any atom is -0.497 e. The molecule has 3 rings (SSSR count). The number of carbonyl (C=O) groups excluding carboxylic acids is 2. The van der Waals surface area contributed by atoms with Crippen molar-refractivity contribution in [3.63, 3.8) is 0 Å². The number of nitrogens with one attached hydrogen (secondary N) is 1. The Labute approximate surface area is 249 Å². The van der Waals surface area contributed by atoms with Gasteiger partial charge in [-0.2, -0.15) is 0 Å². The molecule has 10 heteroatoms. The predicted octanol–water partition coefficient (Wildman–Crippen LogP) is 4.93. The number of rotatable bonds is 14. The fourth-order valence-electron chi connectivity index (χ4n) is 4.47. The number of amides is 2. The zero-order chi connectivity index (χ0) is 30.9. The number of ether oxygens (including phenoxy) is 2. The van der Waals surface area contributed by atoms with Crippen LogP contribution in [-0.4, -0.2) is 58.0 Å². The van der Waals surface area contributed by atoms with Gasteiger partial charge in [-0.15, -0.1) is 0 Å². The number of para-hydroxylation sites is 2. The lowest BCUT2D eigenvalue weighted by atomic mass is 10.1. The quantitative estimate of drug-likeness (QED) is 0.283. The number of carbonyl (C=O) groups is 2. The predicted molar refractivity (Wildman–Crippen MR) is 164 cm³/mol. The molecule has 0 aliphatic rings. The van der Waals surface area contributed by atoms with Crippen molar-refractivity contribution in [2.75, 3.05) is 25.1 Å². The van der Waals surface area contributed by atoms with Gasteiger partial charge in [0.05, 0.1) is 24.8 Å². The van der Waals surface area contributed by atoms with E-state index in [0.717, 1.165) is 21.9 Å². The van der Waals surface area contributed by atoms with Crippen LogP contribution in [0, 0.1) is 6.92 Å². The van der Waals surface area contributed by atoms with Gasteiger partial charge in [-0.1, -0.05) is 55.8 Å². The Morgan fingerprint density at radius 3 is 2.10 bits per heavy atom. The lowest BCUT2D eigenvalue weighted by Crippen LogP contribution is -2.53. The summed E-state index contributed by atoms with van der Waals surface area (Å²) in [5.41, 5.74) is 1.89. The van der Waals surface area contributed by atoms with Crippen LogP contribution in [0.15, 0.2) is 77.7 Å². The lowest BCUT2D eigenvalue weighted by molar-refractivity contribution is -0.140. The molecule has 0 radical (unpaired) electrons. The molecule has 1 N–H and O–H groups in total. The molecule has 0 fully saturated rings. The Hall–Kier alpha value is -4.05. The SMILES string of the molecule is CC[C@@H](C)NC(=O)[C@H](CC)N(Cc1ccc(OC)cc1)C(=O)CN(c1ccccc1OC)S(=O)(=O)c1ccc(C)cc1. The summed E-state index contributed by atoms with van der Waals surface area (Å²) >= 11 is 0. The van der Waals surface area contributed by atoms with Gasteiger partial charge in [0.25, 0.3) is 10.0 Å². The number of sulfonamides is 1. The molecule has 2 atom stereocenters. The monoisotopic (exact) mass is 595 g/mol. The third-order valence-corrected chi connectivity index (χ3v) is 8.91. The summed E-state index contributed by atoms with van der Waals surface area (Å²) < 4.78 is 39.9. The van der Waals surface area contributed by atoms with Gasteiger partial charge in [0.1, 0.15) is 24.1 Å². The van der Waals surface area contributed by atoms with Crippen LogP contribution < -0.4 is 19.1 Å².